The predicted octanol–water partition coefficient (Wildman–Crippen LogP) is 3.05. The Labute approximate surface area is 156 Å². The van der Waals surface area contributed by atoms with Crippen LogP contribution in [0.15, 0.2) is 18.2 Å². The van der Waals surface area contributed by atoms with E-state index in [1.165, 1.54) is 0 Å². The Morgan fingerprint density at radius 3 is 2.33 bits per heavy atom. The summed E-state index contributed by atoms with van der Waals surface area (Å²) in [6.07, 6.45) is 0. The van der Waals surface area contributed by atoms with E-state index in [2.05, 4.69) is 11.1 Å². The van der Waals surface area contributed by atoms with Crippen molar-refractivity contribution in [1.29, 1.82) is 0 Å². The quantitative estimate of drug-likeness (QED) is 0.519. The molecule has 0 aliphatic carbocycles. The van der Waals surface area contributed by atoms with Crippen molar-refractivity contribution in [3.8, 4) is 0 Å². The predicted molar refractivity (Wildman–Crippen MR) is 96.9 cm³/mol. The number of carbonyl (C=O) groups excluding carboxylic acids is 1. The second-order valence-corrected chi connectivity index (χ2v) is 7.45. The molecule has 0 bridgehead atoms. The molecular weight excluding hydrogens is 379 g/mol. The average Bonchev–Trinajstić information content (AvgIpc) is 2.49. The highest BCUT2D eigenvalue weighted by molar-refractivity contribution is 6.67. The Morgan fingerprint density at radius 2 is 1.88 bits per heavy atom. The molecular formula is C15H21Cl3N2O4. The summed E-state index contributed by atoms with van der Waals surface area (Å²) < 4.78 is 3.32. The number of carboxylic acids is 1. The molecule has 6 nitrogen and oxygen atoms in total. The molecule has 0 radical (unpaired) electrons. The fourth-order valence-corrected chi connectivity index (χ4v) is 1.64. The van der Waals surface area contributed by atoms with Gasteiger partial charge in [0.15, 0.2) is 0 Å². The Bertz CT molecular complexity index is 562. The number of aliphatic carboxylic acids is 1. The molecule has 0 aromatic heterocycles. The van der Waals surface area contributed by atoms with Crippen molar-refractivity contribution in [2.75, 3.05) is 18.5 Å². The summed E-state index contributed by atoms with van der Waals surface area (Å²) in [6.45, 7) is 5.14. The van der Waals surface area contributed by atoms with Crippen molar-refractivity contribution < 1.29 is 19.4 Å². The van der Waals surface area contributed by atoms with Gasteiger partial charge in [-0.25, -0.2) is 4.79 Å². The molecule has 1 atom stereocenters. The van der Waals surface area contributed by atoms with Gasteiger partial charge in [0, 0.05) is 5.69 Å². The van der Waals surface area contributed by atoms with Crippen LogP contribution in [0.2, 0.25) is 0 Å². The molecule has 0 heterocycles. The largest absolute Gasteiger partial charge is 0.480 e. The molecule has 0 amide bonds. The first-order chi connectivity index (χ1) is 11.0. The van der Waals surface area contributed by atoms with Crippen LogP contribution < -0.4 is 11.1 Å². The minimum absolute atomic E-state index is 0.269. The van der Waals surface area contributed by atoms with Crippen LogP contribution in [-0.2, 0) is 14.3 Å². The van der Waals surface area contributed by atoms with E-state index in [-0.39, 0.29) is 13.2 Å². The highest BCUT2D eigenvalue weighted by Gasteiger charge is 2.24. The summed E-state index contributed by atoms with van der Waals surface area (Å²) in [5.74, 6) is -1.43. The molecule has 0 unspecified atom stereocenters. The Hall–Kier alpha value is -1.21. The number of carbonyl (C=O) groups is 2. The molecule has 0 aliphatic heterocycles. The molecule has 1 aromatic carbocycles. The fraction of sp³-hybridized carbons (Fsp3) is 0.467. The maximum Gasteiger partial charge on any atom is 0.328 e. The van der Waals surface area contributed by atoms with E-state index < -0.39 is 21.8 Å². The number of rotatable bonds is 5. The van der Waals surface area contributed by atoms with E-state index in [4.69, 9.17) is 44.6 Å². The maximum absolute atomic E-state index is 11.7. The zero-order valence-electron chi connectivity index (χ0n) is 13.6. The van der Waals surface area contributed by atoms with Crippen molar-refractivity contribution in [1.82, 2.24) is 0 Å². The molecule has 0 saturated carbocycles. The van der Waals surface area contributed by atoms with Crippen molar-refractivity contribution >= 4 is 52.4 Å². The number of nitrogens with two attached hydrogens (primary N) is 1. The molecule has 9 heteroatoms. The molecule has 0 saturated heterocycles. The zero-order chi connectivity index (χ0) is 18.9. The third kappa shape index (κ3) is 9.82. The average molecular weight is 400 g/mol. The lowest BCUT2D eigenvalue weighted by molar-refractivity contribution is -0.144. The lowest BCUT2D eigenvalue weighted by atomic mass is 10.1. The van der Waals surface area contributed by atoms with Gasteiger partial charge < -0.3 is 20.9 Å². The molecule has 0 aliphatic rings. The number of ether oxygens (including phenoxy) is 1. The Balaban J connectivity index is 0.000000922. The second kappa shape index (κ2) is 10.6. The van der Waals surface area contributed by atoms with Crippen LogP contribution in [0.5, 0.6) is 0 Å². The number of carboxylic acid groups (broad SMARTS) is 1. The minimum Gasteiger partial charge on any atom is -0.480 e. The zero-order valence-corrected chi connectivity index (χ0v) is 15.9. The van der Waals surface area contributed by atoms with Gasteiger partial charge in [0.05, 0.1) is 6.54 Å². The standard InChI is InChI=1S/C13H16Cl3NO2.C2H5NO2/c1-8-5-4-6-11(9(8)2)17-10(3)12(18)19-7-13(14,15)16;3-1-2(4)5/h4-6,10,17H,7H2,1-3H3;1,3H2,(H,4,5)/t10-;/m0./s1. The summed E-state index contributed by atoms with van der Waals surface area (Å²) in [6, 6.07) is 5.31. The molecule has 0 spiro atoms. The number of aryl methyl sites for hydroxylation is 1. The highest BCUT2D eigenvalue weighted by Crippen LogP contribution is 2.26. The van der Waals surface area contributed by atoms with E-state index in [1.807, 2.05) is 32.0 Å². The second-order valence-electron chi connectivity index (χ2n) is 4.93. The lowest BCUT2D eigenvalue weighted by Gasteiger charge is -2.18. The van der Waals surface area contributed by atoms with Gasteiger partial charge in [-0.15, -0.1) is 0 Å². The number of hydrogen-bond acceptors (Lipinski definition) is 5. The van der Waals surface area contributed by atoms with Gasteiger partial charge in [0.1, 0.15) is 12.6 Å². The molecule has 136 valence electrons. The van der Waals surface area contributed by atoms with E-state index in [0.717, 1.165) is 16.8 Å². The van der Waals surface area contributed by atoms with Crippen LogP contribution >= 0.6 is 34.8 Å². The smallest absolute Gasteiger partial charge is 0.328 e. The van der Waals surface area contributed by atoms with Gasteiger partial charge in [-0.3, -0.25) is 4.79 Å². The number of halogens is 3. The summed E-state index contributed by atoms with van der Waals surface area (Å²) in [7, 11) is 0. The van der Waals surface area contributed by atoms with Crippen LogP contribution in [0.3, 0.4) is 0 Å². The Morgan fingerprint density at radius 1 is 1.33 bits per heavy atom. The number of benzene rings is 1. The molecule has 0 fully saturated rings. The summed E-state index contributed by atoms with van der Waals surface area (Å²) in [4.78, 5) is 21.0. The van der Waals surface area contributed by atoms with E-state index in [0.29, 0.717) is 0 Å². The van der Waals surface area contributed by atoms with Crippen molar-refractivity contribution in [3.63, 3.8) is 0 Å². The van der Waals surface area contributed by atoms with Gasteiger partial charge in [-0.1, -0.05) is 46.9 Å². The molecule has 4 N–H and O–H groups in total. The van der Waals surface area contributed by atoms with Crippen molar-refractivity contribution in [3.05, 3.63) is 29.3 Å². The van der Waals surface area contributed by atoms with E-state index >= 15 is 0 Å². The lowest BCUT2D eigenvalue weighted by Crippen LogP contribution is -2.31. The highest BCUT2D eigenvalue weighted by atomic mass is 35.6. The summed E-state index contributed by atoms with van der Waals surface area (Å²) >= 11 is 16.6. The van der Waals surface area contributed by atoms with Gasteiger partial charge in [-0.05, 0) is 38.0 Å². The number of nitrogens with one attached hydrogen (secondary N) is 1. The van der Waals surface area contributed by atoms with E-state index in [1.54, 1.807) is 6.92 Å². The summed E-state index contributed by atoms with van der Waals surface area (Å²) in [5.41, 5.74) is 7.69. The summed E-state index contributed by atoms with van der Waals surface area (Å²) in [5, 5.41) is 10.7. The SMILES string of the molecule is Cc1cccc(N[C@@H](C)C(=O)OCC(Cl)(Cl)Cl)c1C.NCC(=O)O. The number of esters is 1. The third-order valence-corrected chi connectivity index (χ3v) is 3.21. The van der Waals surface area contributed by atoms with Crippen LogP contribution in [0.4, 0.5) is 5.69 Å². The first kappa shape index (κ1) is 22.8. The van der Waals surface area contributed by atoms with Crippen LogP contribution in [0.1, 0.15) is 18.1 Å². The normalized spacial score (nSPS) is 11.8. The monoisotopic (exact) mass is 398 g/mol. The van der Waals surface area contributed by atoms with Gasteiger partial charge in [-0.2, -0.15) is 0 Å². The number of anilines is 1. The third-order valence-electron chi connectivity index (χ3n) is 2.88. The van der Waals surface area contributed by atoms with E-state index in [9.17, 15) is 9.59 Å². The molecule has 24 heavy (non-hydrogen) atoms. The first-order valence-electron chi connectivity index (χ1n) is 6.96. The molecule has 1 aromatic rings. The number of alkyl halides is 3. The van der Waals surface area contributed by atoms with Crippen molar-refractivity contribution in [2.24, 2.45) is 5.73 Å². The minimum atomic E-state index is -1.59. The van der Waals surface area contributed by atoms with Crippen LogP contribution in [-0.4, -0.2) is 40.0 Å². The molecule has 1 rings (SSSR count). The topological polar surface area (TPSA) is 102 Å². The first-order valence-corrected chi connectivity index (χ1v) is 8.09. The maximum atomic E-state index is 11.7. The van der Waals surface area contributed by atoms with Crippen LogP contribution in [0, 0.1) is 13.8 Å². The number of hydrogen-bond donors (Lipinski definition) is 3. The van der Waals surface area contributed by atoms with Crippen molar-refractivity contribution in [2.45, 2.75) is 30.6 Å². The van der Waals surface area contributed by atoms with Gasteiger partial charge in [0.2, 0.25) is 3.79 Å². The van der Waals surface area contributed by atoms with Gasteiger partial charge in [0.25, 0.3) is 0 Å². The van der Waals surface area contributed by atoms with Crippen LogP contribution in [0.25, 0.3) is 0 Å². The van der Waals surface area contributed by atoms with Gasteiger partial charge >= 0.3 is 11.9 Å². The fourth-order valence-electron chi connectivity index (χ4n) is 1.48. The Kier molecular flexibility index (Phi) is 10.1.